The van der Waals surface area contributed by atoms with Crippen molar-refractivity contribution in [2.75, 3.05) is 6.61 Å². The van der Waals surface area contributed by atoms with Gasteiger partial charge in [-0.15, -0.1) is 0 Å². The average Bonchev–Trinajstić information content (AvgIpc) is 2.50. The molecule has 0 spiro atoms. The number of benzene rings is 2. The summed E-state index contributed by atoms with van der Waals surface area (Å²) in [4.78, 5) is 0. The SMILES string of the molecule is O[C@H]1CCO[C@H](C(c2ccccc2)c2ccccc2)C1. The molecule has 1 N–H and O–H groups in total. The standard InChI is InChI=1S/C18H20O2/c19-16-11-12-20-17(13-16)18(14-7-3-1-4-8-14)15-9-5-2-6-10-15/h1-10,16-19H,11-13H2/t16-,17-/m0/s1. The van der Waals surface area contributed by atoms with Crippen molar-refractivity contribution in [3.8, 4) is 0 Å². The lowest BCUT2D eigenvalue weighted by Gasteiger charge is -2.33. The van der Waals surface area contributed by atoms with Crippen LogP contribution < -0.4 is 0 Å². The number of hydrogen-bond acceptors (Lipinski definition) is 2. The smallest absolute Gasteiger partial charge is 0.0708 e. The summed E-state index contributed by atoms with van der Waals surface area (Å²) in [5, 5.41) is 9.94. The molecule has 0 bridgehead atoms. The van der Waals surface area contributed by atoms with Gasteiger partial charge in [-0.25, -0.2) is 0 Å². The fraction of sp³-hybridized carbons (Fsp3) is 0.333. The highest BCUT2D eigenvalue weighted by molar-refractivity contribution is 5.34. The van der Waals surface area contributed by atoms with E-state index in [9.17, 15) is 5.11 Å². The van der Waals surface area contributed by atoms with Gasteiger partial charge in [-0.2, -0.15) is 0 Å². The molecule has 0 amide bonds. The molecule has 0 aliphatic carbocycles. The molecule has 2 aromatic rings. The summed E-state index contributed by atoms with van der Waals surface area (Å²) in [5.74, 6) is 0.187. The molecular weight excluding hydrogens is 248 g/mol. The second kappa shape index (κ2) is 6.21. The number of rotatable bonds is 3. The van der Waals surface area contributed by atoms with Crippen LogP contribution >= 0.6 is 0 Å². The van der Waals surface area contributed by atoms with Gasteiger partial charge in [0.25, 0.3) is 0 Å². The number of ether oxygens (including phenoxy) is 1. The van der Waals surface area contributed by atoms with Crippen molar-refractivity contribution in [3.05, 3.63) is 71.8 Å². The molecule has 1 aliphatic rings. The zero-order chi connectivity index (χ0) is 13.8. The number of aliphatic hydroxyl groups excluding tert-OH is 1. The van der Waals surface area contributed by atoms with E-state index in [2.05, 4.69) is 48.5 Å². The van der Waals surface area contributed by atoms with Crippen LogP contribution in [0.2, 0.25) is 0 Å². The summed E-state index contributed by atoms with van der Waals surface area (Å²) < 4.78 is 5.96. The second-order valence-electron chi connectivity index (χ2n) is 5.39. The molecule has 0 aromatic heterocycles. The van der Waals surface area contributed by atoms with E-state index in [-0.39, 0.29) is 18.1 Å². The van der Waals surface area contributed by atoms with Gasteiger partial charge in [0.05, 0.1) is 12.2 Å². The molecule has 104 valence electrons. The third-order valence-electron chi connectivity index (χ3n) is 3.98. The predicted octanol–water partition coefficient (Wildman–Crippen LogP) is 3.36. The lowest BCUT2D eigenvalue weighted by atomic mass is 9.83. The molecule has 3 rings (SSSR count). The third-order valence-corrected chi connectivity index (χ3v) is 3.98. The molecule has 1 aliphatic heterocycles. The molecule has 0 radical (unpaired) electrons. The first-order chi connectivity index (χ1) is 9.84. The van der Waals surface area contributed by atoms with E-state index in [0.29, 0.717) is 13.0 Å². The highest BCUT2D eigenvalue weighted by Crippen LogP contribution is 2.34. The van der Waals surface area contributed by atoms with Crippen LogP contribution in [0.15, 0.2) is 60.7 Å². The molecule has 20 heavy (non-hydrogen) atoms. The van der Waals surface area contributed by atoms with Crippen LogP contribution in [-0.2, 0) is 4.74 Å². The van der Waals surface area contributed by atoms with E-state index in [4.69, 9.17) is 4.74 Å². The molecule has 2 atom stereocenters. The molecule has 1 fully saturated rings. The Hall–Kier alpha value is -1.64. The first kappa shape index (κ1) is 13.3. The van der Waals surface area contributed by atoms with E-state index >= 15 is 0 Å². The summed E-state index contributed by atoms with van der Waals surface area (Å²) in [7, 11) is 0. The van der Waals surface area contributed by atoms with Crippen LogP contribution in [0.5, 0.6) is 0 Å². The van der Waals surface area contributed by atoms with Gasteiger partial charge >= 0.3 is 0 Å². The second-order valence-corrected chi connectivity index (χ2v) is 5.39. The summed E-state index contributed by atoms with van der Waals surface area (Å²) in [5.41, 5.74) is 2.50. The number of hydrogen-bond donors (Lipinski definition) is 1. The Balaban J connectivity index is 1.95. The van der Waals surface area contributed by atoms with E-state index in [0.717, 1.165) is 6.42 Å². The van der Waals surface area contributed by atoms with E-state index in [1.54, 1.807) is 0 Å². The maximum atomic E-state index is 9.94. The van der Waals surface area contributed by atoms with Crippen LogP contribution in [0.4, 0.5) is 0 Å². The van der Waals surface area contributed by atoms with Gasteiger partial charge in [-0.1, -0.05) is 60.7 Å². The highest BCUT2D eigenvalue weighted by atomic mass is 16.5. The summed E-state index contributed by atoms with van der Waals surface area (Å²) in [6.07, 6.45) is 1.24. The van der Waals surface area contributed by atoms with E-state index in [1.165, 1.54) is 11.1 Å². The fourth-order valence-electron chi connectivity index (χ4n) is 2.98. The van der Waals surface area contributed by atoms with Crippen molar-refractivity contribution < 1.29 is 9.84 Å². The first-order valence-corrected chi connectivity index (χ1v) is 7.24. The maximum Gasteiger partial charge on any atom is 0.0708 e. The minimum Gasteiger partial charge on any atom is -0.393 e. The summed E-state index contributed by atoms with van der Waals surface area (Å²) >= 11 is 0. The van der Waals surface area contributed by atoms with Gasteiger partial charge in [0, 0.05) is 18.9 Å². The normalized spacial score (nSPS) is 22.9. The Bertz CT molecular complexity index is 484. The number of aliphatic hydroxyl groups is 1. The molecular formula is C18H20O2. The largest absolute Gasteiger partial charge is 0.393 e. The zero-order valence-corrected chi connectivity index (χ0v) is 11.5. The molecule has 0 saturated carbocycles. The lowest BCUT2D eigenvalue weighted by molar-refractivity contribution is -0.0496. The first-order valence-electron chi connectivity index (χ1n) is 7.24. The summed E-state index contributed by atoms with van der Waals surface area (Å²) in [6, 6.07) is 20.9. The van der Waals surface area contributed by atoms with Gasteiger partial charge in [0.1, 0.15) is 0 Å². The van der Waals surface area contributed by atoms with Crippen molar-refractivity contribution in [3.63, 3.8) is 0 Å². The maximum absolute atomic E-state index is 9.94. The monoisotopic (exact) mass is 268 g/mol. The third kappa shape index (κ3) is 2.92. The van der Waals surface area contributed by atoms with Crippen molar-refractivity contribution in [1.29, 1.82) is 0 Å². The van der Waals surface area contributed by atoms with Crippen molar-refractivity contribution >= 4 is 0 Å². The van der Waals surface area contributed by atoms with Crippen LogP contribution in [0, 0.1) is 0 Å². The molecule has 0 unspecified atom stereocenters. The van der Waals surface area contributed by atoms with Gasteiger partial charge in [-0.05, 0) is 17.5 Å². The minimum atomic E-state index is -0.247. The van der Waals surface area contributed by atoms with Gasteiger partial charge in [0.15, 0.2) is 0 Å². The summed E-state index contributed by atoms with van der Waals surface area (Å²) in [6.45, 7) is 0.641. The Labute approximate surface area is 120 Å². The Morgan fingerprint density at radius 1 is 0.900 bits per heavy atom. The van der Waals surface area contributed by atoms with Crippen LogP contribution in [0.25, 0.3) is 0 Å². The van der Waals surface area contributed by atoms with Gasteiger partial charge in [-0.3, -0.25) is 0 Å². The van der Waals surface area contributed by atoms with Crippen LogP contribution in [0.3, 0.4) is 0 Å². The average molecular weight is 268 g/mol. The van der Waals surface area contributed by atoms with E-state index < -0.39 is 0 Å². The van der Waals surface area contributed by atoms with Crippen molar-refractivity contribution in [2.24, 2.45) is 0 Å². The molecule has 2 aromatic carbocycles. The van der Waals surface area contributed by atoms with Gasteiger partial charge in [0.2, 0.25) is 0 Å². The highest BCUT2D eigenvalue weighted by Gasteiger charge is 2.30. The Kier molecular flexibility index (Phi) is 4.14. The molecule has 1 heterocycles. The quantitative estimate of drug-likeness (QED) is 0.925. The van der Waals surface area contributed by atoms with Crippen molar-refractivity contribution in [1.82, 2.24) is 0 Å². The lowest BCUT2D eigenvalue weighted by Crippen LogP contribution is -2.34. The van der Waals surface area contributed by atoms with Crippen molar-refractivity contribution in [2.45, 2.75) is 31.0 Å². The zero-order valence-electron chi connectivity index (χ0n) is 11.5. The van der Waals surface area contributed by atoms with Crippen LogP contribution in [-0.4, -0.2) is 23.9 Å². The van der Waals surface area contributed by atoms with Gasteiger partial charge < -0.3 is 9.84 Å². The molecule has 1 saturated heterocycles. The van der Waals surface area contributed by atoms with E-state index in [1.807, 2.05) is 12.1 Å². The van der Waals surface area contributed by atoms with Crippen LogP contribution in [0.1, 0.15) is 29.9 Å². The molecule has 2 nitrogen and oxygen atoms in total. The Morgan fingerprint density at radius 3 is 1.95 bits per heavy atom. The fourth-order valence-corrected chi connectivity index (χ4v) is 2.98. The topological polar surface area (TPSA) is 29.5 Å². The molecule has 2 heteroatoms. The minimum absolute atomic E-state index is 0.0450. The predicted molar refractivity (Wildman–Crippen MR) is 79.7 cm³/mol. The Morgan fingerprint density at radius 2 is 1.45 bits per heavy atom.